The molecule has 1 atom stereocenters. The van der Waals surface area contributed by atoms with E-state index in [9.17, 15) is 22.0 Å². The minimum atomic E-state index is -5.97. The average molecular weight is 566 g/mol. The molecule has 202 valence electrons. The van der Waals surface area contributed by atoms with E-state index in [-0.39, 0.29) is 11.2 Å². The van der Waals surface area contributed by atoms with Gasteiger partial charge in [-0.1, -0.05) is 44.2 Å². The quantitative estimate of drug-likeness (QED) is 0.177. The second-order valence-electron chi connectivity index (χ2n) is 9.69. The third-order valence-electron chi connectivity index (χ3n) is 5.88. The molecule has 3 aromatic rings. The number of halogens is 2. The van der Waals surface area contributed by atoms with Crippen LogP contribution in [0, 0.1) is 5.41 Å². The summed E-state index contributed by atoms with van der Waals surface area (Å²) in [4.78, 5) is 14.4. The van der Waals surface area contributed by atoms with E-state index in [1.165, 1.54) is 12.1 Å². The molecule has 38 heavy (non-hydrogen) atoms. The normalized spacial score (nSPS) is 17.9. The van der Waals surface area contributed by atoms with Crippen LogP contribution >= 0.6 is 0 Å². The Kier molecular flexibility index (Phi) is 7.70. The molecule has 0 aromatic heterocycles. The molecule has 3 aromatic carbocycles. The van der Waals surface area contributed by atoms with Gasteiger partial charge < -0.3 is 14.2 Å². The fourth-order valence-electron chi connectivity index (χ4n) is 3.70. The molecule has 1 saturated heterocycles. The van der Waals surface area contributed by atoms with E-state index in [2.05, 4.69) is 18.6 Å². The molecule has 11 heteroatoms. The zero-order valence-corrected chi connectivity index (χ0v) is 22.5. The van der Waals surface area contributed by atoms with Gasteiger partial charge in [0, 0.05) is 17.0 Å². The maximum absolute atomic E-state index is 13.6. The Balaban J connectivity index is 1.66. The number of benzene rings is 3. The van der Waals surface area contributed by atoms with Crippen molar-refractivity contribution < 1.29 is 40.8 Å². The Hall–Kier alpha value is -2.83. The maximum atomic E-state index is 13.6. The standard InChI is InChI=1S/C27H26F2O7S2/c1-25(2)17-34-26(3,35-18-25)19-8-7-11-23(16-19)37(21-9-5-4-6-10-21)22-14-12-20(13-15-22)36-24(30)27(28,29)38(31,32)33/h4-16H,17-18H2,1-3H3/p+1. The molecule has 0 spiro atoms. The second-order valence-corrected chi connectivity index (χ2v) is 13.2. The molecule has 0 saturated carbocycles. The predicted molar refractivity (Wildman–Crippen MR) is 137 cm³/mol. The summed E-state index contributed by atoms with van der Waals surface area (Å²) in [6.07, 6.45) is 0. The molecule has 1 heterocycles. The highest BCUT2D eigenvalue weighted by atomic mass is 32.2. The Bertz CT molecular complexity index is 1400. The lowest BCUT2D eigenvalue weighted by Crippen LogP contribution is -2.43. The van der Waals surface area contributed by atoms with Gasteiger partial charge in [0.2, 0.25) is 0 Å². The molecule has 1 unspecified atom stereocenters. The Morgan fingerprint density at radius 2 is 1.45 bits per heavy atom. The third-order valence-corrected chi connectivity index (χ3v) is 8.91. The van der Waals surface area contributed by atoms with Gasteiger partial charge in [0.1, 0.15) is 5.75 Å². The van der Waals surface area contributed by atoms with Crippen LogP contribution in [0.15, 0.2) is 93.5 Å². The summed E-state index contributed by atoms with van der Waals surface area (Å²) in [5.41, 5.74) is 0.749. The first-order valence-electron chi connectivity index (χ1n) is 11.6. The number of esters is 1. The van der Waals surface area contributed by atoms with Gasteiger partial charge >= 0.3 is 21.3 Å². The molecule has 1 fully saturated rings. The molecule has 0 amide bonds. The van der Waals surface area contributed by atoms with E-state index < -0.39 is 38.0 Å². The SMILES string of the molecule is CC1(C)COC(C)(c2cccc([S+](c3ccccc3)c3ccc(OC(=O)C(F)(F)S(=O)(=O)O)cc3)c2)OC1. The topological polar surface area (TPSA) is 99.1 Å². The first-order chi connectivity index (χ1) is 17.7. The van der Waals surface area contributed by atoms with Crippen LogP contribution in [0.2, 0.25) is 0 Å². The summed E-state index contributed by atoms with van der Waals surface area (Å²) in [6.45, 7) is 7.10. The van der Waals surface area contributed by atoms with Crippen molar-refractivity contribution in [2.24, 2.45) is 5.41 Å². The maximum Gasteiger partial charge on any atom is 0.466 e. The van der Waals surface area contributed by atoms with Gasteiger partial charge in [0.15, 0.2) is 20.5 Å². The highest BCUT2D eigenvalue weighted by molar-refractivity contribution is 7.97. The minimum absolute atomic E-state index is 0.0953. The van der Waals surface area contributed by atoms with Gasteiger partial charge in [0.25, 0.3) is 0 Å². The van der Waals surface area contributed by atoms with E-state index in [1.807, 2.05) is 61.5 Å². The van der Waals surface area contributed by atoms with Gasteiger partial charge in [-0.3, -0.25) is 4.55 Å². The van der Waals surface area contributed by atoms with Crippen LogP contribution in [-0.4, -0.2) is 37.4 Å². The molecule has 0 bridgehead atoms. The largest absolute Gasteiger partial charge is 0.466 e. The summed E-state index contributed by atoms with van der Waals surface area (Å²) >= 11 is 0. The van der Waals surface area contributed by atoms with Crippen LogP contribution < -0.4 is 4.74 Å². The Morgan fingerprint density at radius 1 is 0.895 bits per heavy atom. The van der Waals surface area contributed by atoms with Crippen molar-refractivity contribution >= 4 is 27.0 Å². The van der Waals surface area contributed by atoms with Crippen molar-refractivity contribution in [3.63, 3.8) is 0 Å². The van der Waals surface area contributed by atoms with Crippen LogP contribution in [0.3, 0.4) is 0 Å². The smallest absolute Gasteiger partial charge is 0.421 e. The molecule has 0 aliphatic carbocycles. The van der Waals surface area contributed by atoms with Gasteiger partial charge in [-0.15, -0.1) is 0 Å². The summed E-state index contributed by atoms with van der Waals surface area (Å²) in [7, 11) is -6.62. The third kappa shape index (κ3) is 5.92. The van der Waals surface area contributed by atoms with Gasteiger partial charge in [-0.2, -0.15) is 17.2 Å². The fourth-order valence-corrected chi connectivity index (χ4v) is 6.07. The average Bonchev–Trinajstić information content (AvgIpc) is 2.87. The summed E-state index contributed by atoms with van der Waals surface area (Å²) in [5.74, 6) is -3.62. The number of ether oxygens (including phenoxy) is 3. The summed E-state index contributed by atoms with van der Waals surface area (Å²) < 4.78 is 74.2. The van der Waals surface area contributed by atoms with Crippen LogP contribution in [-0.2, 0) is 41.1 Å². The van der Waals surface area contributed by atoms with Crippen LogP contribution in [0.1, 0.15) is 26.3 Å². The number of alkyl halides is 2. The first kappa shape index (κ1) is 28.2. The molecular formula is C27H27F2O7S2+. The van der Waals surface area contributed by atoms with E-state index >= 15 is 0 Å². The lowest BCUT2D eigenvalue weighted by atomic mass is 9.94. The molecular weight excluding hydrogens is 538 g/mol. The number of carbonyl (C=O) groups excluding carboxylic acids is 1. The van der Waals surface area contributed by atoms with Crippen LogP contribution in [0.25, 0.3) is 0 Å². The predicted octanol–water partition coefficient (Wildman–Crippen LogP) is 5.41. The van der Waals surface area contributed by atoms with E-state index in [0.29, 0.717) is 13.2 Å². The number of rotatable bonds is 7. The van der Waals surface area contributed by atoms with Gasteiger partial charge in [-0.05, 0) is 49.4 Å². The van der Waals surface area contributed by atoms with E-state index in [1.54, 1.807) is 12.1 Å². The van der Waals surface area contributed by atoms with Crippen molar-refractivity contribution in [2.75, 3.05) is 13.2 Å². The summed E-state index contributed by atoms with van der Waals surface area (Å²) in [6, 6.07) is 23.3. The van der Waals surface area contributed by atoms with Crippen molar-refractivity contribution in [1.29, 1.82) is 0 Å². The van der Waals surface area contributed by atoms with Crippen molar-refractivity contribution in [1.82, 2.24) is 0 Å². The lowest BCUT2D eigenvalue weighted by Gasteiger charge is -2.41. The summed E-state index contributed by atoms with van der Waals surface area (Å²) in [5, 5.41) is -5.09. The number of hydrogen-bond acceptors (Lipinski definition) is 6. The monoisotopic (exact) mass is 565 g/mol. The number of carbonyl (C=O) groups is 1. The highest BCUT2D eigenvalue weighted by Gasteiger charge is 2.54. The molecule has 1 N–H and O–H groups in total. The molecule has 4 rings (SSSR count). The van der Waals surface area contributed by atoms with Crippen LogP contribution in [0.5, 0.6) is 5.75 Å². The number of hydrogen-bond donors (Lipinski definition) is 1. The van der Waals surface area contributed by atoms with Crippen LogP contribution in [0.4, 0.5) is 8.78 Å². The zero-order valence-electron chi connectivity index (χ0n) is 20.9. The van der Waals surface area contributed by atoms with Gasteiger partial charge in [-0.25, -0.2) is 4.79 Å². The molecule has 1 aliphatic heterocycles. The van der Waals surface area contributed by atoms with E-state index in [4.69, 9.17) is 14.0 Å². The zero-order chi connectivity index (χ0) is 27.8. The Labute approximate surface area is 222 Å². The second kappa shape index (κ2) is 10.4. The van der Waals surface area contributed by atoms with Gasteiger partial charge in [0.05, 0.1) is 24.1 Å². The van der Waals surface area contributed by atoms with Crippen molar-refractivity contribution in [3.8, 4) is 5.75 Å². The first-order valence-corrected chi connectivity index (χ1v) is 14.2. The molecule has 7 nitrogen and oxygen atoms in total. The molecule has 1 aliphatic rings. The van der Waals surface area contributed by atoms with Crippen molar-refractivity contribution in [2.45, 2.75) is 46.5 Å². The van der Waals surface area contributed by atoms with E-state index in [0.717, 1.165) is 20.2 Å². The minimum Gasteiger partial charge on any atom is -0.421 e. The highest BCUT2D eigenvalue weighted by Crippen LogP contribution is 2.39. The Morgan fingerprint density at radius 3 is 2.03 bits per heavy atom. The molecule has 0 radical (unpaired) electrons. The fraction of sp³-hybridized carbons (Fsp3) is 0.296. The van der Waals surface area contributed by atoms with Crippen molar-refractivity contribution in [3.05, 3.63) is 84.4 Å². The lowest BCUT2D eigenvalue weighted by molar-refractivity contribution is -0.298.